The highest BCUT2D eigenvalue weighted by Crippen LogP contribution is 2.39. The van der Waals surface area contributed by atoms with Crippen molar-refractivity contribution in [1.29, 1.82) is 0 Å². The number of unbranched alkanes of at least 4 members (excludes halogenated alkanes) is 3. The normalized spacial score (nSPS) is 23.7. The van der Waals surface area contributed by atoms with Gasteiger partial charge in [-0.1, -0.05) is 82.5 Å². The summed E-state index contributed by atoms with van der Waals surface area (Å²) in [7, 11) is 5.97. The Morgan fingerprint density at radius 3 is 2.27 bits per heavy atom. The third kappa shape index (κ3) is 8.41. The summed E-state index contributed by atoms with van der Waals surface area (Å²) in [5, 5.41) is 12.5. The summed E-state index contributed by atoms with van der Waals surface area (Å²) in [5.41, 5.74) is 1.65. The molecule has 6 atom stereocenters. The fourth-order valence-corrected chi connectivity index (χ4v) is 6.32. The van der Waals surface area contributed by atoms with Gasteiger partial charge in [0.15, 0.2) is 0 Å². The highest BCUT2D eigenvalue weighted by atomic mass is 32.1. The maximum Gasteiger partial charge on any atom is 0.283 e. The number of aliphatic hydroxyl groups excluding tert-OH is 1. The van der Waals surface area contributed by atoms with E-state index in [0.29, 0.717) is 26.4 Å². The van der Waals surface area contributed by atoms with E-state index in [-0.39, 0.29) is 12.2 Å². The summed E-state index contributed by atoms with van der Waals surface area (Å²) >= 11 is 1.60. The van der Waals surface area contributed by atoms with Gasteiger partial charge in [-0.3, -0.25) is 0 Å². The highest BCUT2D eigenvalue weighted by molar-refractivity contribution is 7.19. The molecule has 2 heterocycles. The molecule has 1 N–H and O–H groups in total. The molecule has 0 bridgehead atoms. The summed E-state index contributed by atoms with van der Waals surface area (Å²) < 4.78 is 32.4. The van der Waals surface area contributed by atoms with Crippen molar-refractivity contribution in [2.75, 3.05) is 26.4 Å². The molecule has 2 radical (unpaired) electrons. The summed E-state index contributed by atoms with van der Waals surface area (Å²) in [6, 6.07) is 18.1. The molecule has 4 rings (SSSR count). The Balaban J connectivity index is 1.62. The van der Waals surface area contributed by atoms with Gasteiger partial charge in [-0.2, -0.15) is 0 Å². The van der Waals surface area contributed by atoms with E-state index in [2.05, 4.69) is 39.0 Å². The van der Waals surface area contributed by atoms with Gasteiger partial charge in [-0.15, -0.1) is 11.3 Å². The Bertz CT molecular complexity index is 1140. The molecule has 3 aromatic rings. The summed E-state index contributed by atoms with van der Waals surface area (Å²) in [6.45, 7) is 8.66. The van der Waals surface area contributed by atoms with Crippen LogP contribution in [0.1, 0.15) is 87.5 Å². The first-order valence-corrected chi connectivity index (χ1v) is 16.0. The minimum atomic E-state index is -0.761. The highest BCUT2D eigenvalue weighted by Gasteiger charge is 2.48. The van der Waals surface area contributed by atoms with Gasteiger partial charge in [-0.05, 0) is 47.9 Å². The topological polar surface area (TPSA) is 66.4 Å². The van der Waals surface area contributed by atoms with E-state index in [1.165, 1.54) is 0 Å². The number of rotatable bonds is 17. The van der Waals surface area contributed by atoms with Crippen LogP contribution in [0.4, 0.5) is 0 Å². The van der Waals surface area contributed by atoms with Crippen molar-refractivity contribution in [1.82, 2.24) is 0 Å². The van der Waals surface area contributed by atoms with Crippen molar-refractivity contribution in [3.8, 4) is 0 Å². The van der Waals surface area contributed by atoms with E-state index in [4.69, 9.17) is 31.7 Å². The average molecular weight is 581 g/mol. The van der Waals surface area contributed by atoms with E-state index < -0.39 is 24.4 Å². The standard InChI is InChI=1S/C33H45BO6S/c1-4-7-17-36-22-26-31(37-18-8-5-2)32(38-19-9-6-3)33(40-34)30(39-26)25-15-12-14-24(20-25)29(35)28-21-23-13-10-11-16-27(23)41-28/h10-16,20-21,26,29-33,35H,4-9,17-19,22H2,1-3H3/t26?,29?,30-,31+,32-,33-/m0/s1. The summed E-state index contributed by atoms with van der Waals surface area (Å²) in [6.07, 6.45) is 2.91. The van der Waals surface area contributed by atoms with Crippen LogP contribution in [0.3, 0.4) is 0 Å². The predicted molar refractivity (Wildman–Crippen MR) is 166 cm³/mol. The predicted octanol–water partition coefficient (Wildman–Crippen LogP) is 7.08. The zero-order chi connectivity index (χ0) is 29.0. The van der Waals surface area contributed by atoms with Gasteiger partial charge in [0.25, 0.3) is 8.05 Å². The fourth-order valence-electron chi connectivity index (χ4n) is 5.24. The quantitative estimate of drug-likeness (QED) is 0.136. The van der Waals surface area contributed by atoms with Gasteiger partial charge in [0.2, 0.25) is 0 Å². The van der Waals surface area contributed by atoms with Crippen molar-refractivity contribution < 1.29 is 28.7 Å². The molecule has 0 amide bonds. The molecule has 6 nitrogen and oxygen atoms in total. The molecular weight excluding hydrogens is 535 g/mol. The Labute approximate surface area is 250 Å². The Kier molecular flexibility index (Phi) is 13.1. The monoisotopic (exact) mass is 580 g/mol. The van der Waals surface area contributed by atoms with Crippen LogP contribution in [0.15, 0.2) is 54.6 Å². The molecule has 0 saturated carbocycles. The minimum Gasteiger partial charge on any atom is -0.440 e. The van der Waals surface area contributed by atoms with Crippen molar-refractivity contribution in [2.45, 2.75) is 95.9 Å². The largest absolute Gasteiger partial charge is 0.440 e. The van der Waals surface area contributed by atoms with E-state index in [0.717, 1.165) is 64.6 Å². The second-order valence-electron chi connectivity index (χ2n) is 10.8. The van der Waals surface area contributed by atoms with Crippen molar-refractivity contribution in [3.63, 3.8) is 0 Å². The number of benzene rings is 2. The number of hydrogen-bond acceptors (Lipinski definition) is 7. The van der Waals surface area contributed by atoms with Crippen LogP contribution in [-0.2, 0) is 23.6 Å². The molecule has 41 heavy (non-hydrogen) atoms. The van der Waals surface area contributed by atoms with Crippen LogP contribution in [0.5, 0.6) is 0 Å². The number of hydrogen-bond donors (Lipinski definition) is 1. The number of thiophene rings is 1. The van der Waals surface area contributed by atoms with Gasteiger partial charge >= 0.3 is 0 Å². The van der Waals surface area contributed by atoms with Crippen LogP contribution in [0, 0.1) is 0 Å². The van der Waals surface area contributed by atoms with Gasteiger partial charge in [0.05, 0.1) is 12.7 Å². The molecule has 1 aliphatic heterocycles. The molecule has 8 heteroatoms. The van der Waals surface area contributed by atoms with E-state index in [1.807, 2.05) is 36.4 Å². The molecule has 2 aromatic carbocycles. The number of aliphatic hydroxyl groups is 1. The molecule has 222 valence electrons. The van der Waals surface area contributed by atoms with E-state index in [1.54, 1.807) is 11.3 Å². The third-order valence-electron chi connectivity index (χ3n) is 7.60. The lowest BCUT2D eigenvalue weighted by atomic mass is 9.89. The summed E-state index contributed by atoms with van der Waals surface area (Å²) in [4.78, 5) is 0.895. The first-order valence-electron chi connectivity index (χ1n) is 15.2. The average Bonchev–Trinajstić information content (AvgIpc) is 3.44. The van der Waals surface area contributed by atoms with Crippen LogP contribution in [-0.4, -0.2) is 64.0 Å². The molecule has 2 unspecified atom stereocenters. The third-order valence-corrected chi connectivity index (χ3v) is 8.77. The lowest BCUT2D eigenvalue weighted by molar-refractivity contribution is -0.252. The van der Waals surface area contributed by atoms with E-state index in [9.17, 15) is 5.11 Å². The maximum absolute atomic E-state index is 11.4. The molecule has 1 fully saturated rings. The van der Waals surface area contributed by atoms with Crippen molar-refractivity contribution in [2.24, 2.45) is 0 Å². The number of fused-ring (bicyclic) bond motifs is 1. The Hall–Kier alpha value is -1.78. The fraction of sp³-hybridized carbons (Fsp3) is 0.576. The Morgan fingerprint density at radius 1 is 0.854 bits per heavy atom. The zero-order valence-corrected chi connectivity index (χ0v) is 25.5. The second-order valence-corrected chi connectivity index (χ2v) is 11.9. The molecule has 0 spiro atoms. The molecule has 1 saturated heterocycles. The van der Waals surface area contributed by atoms with Crippen LogP contribution in [0.25, 0.3) is 10.1 Å². The van der Waals surface area contributed by atoms with Crippen LogP contribution < -0.4 is 0 Å². The zero-order valence-electron chi connectivity index (χ0n) is 24.7. The van der Waals surface area contributed by atoms with Crippen LogP contribution >= 0.6 is 11.3 Å². The van der Waals surface area contributed by atoms with Crippen molar-refractivity contribution >= 4 is 29.5 Å². The molecule has 1 aliphatic rings. The first kappa shape index (κ1) is 32.1. The second kappa shape index (κ2) is 16.8. The van der Waals surface area contributed by atoms with Crippen molar-refractivity contribution in [3.05, 3.63) is 70.6 Å². The minimum absolute atomic E-state index is 0.358. The van der Waals surface area contributed by atoms with Gasteiger partial charge < -0.3 is 28.7 Å². The smallest absolute Gasteiger partial charge is 0.283 e. The SMILES string of the molecule is [B]O[C@@H]1[C@@H](OCCCC)[C@H](OCCCC)C(COCCCC)O[C@H]1c1cccc(C(O)c2cc3ccccc3s2)c1. The molecule has 1 aromatic heterocycles. The van der Waals surface area contributed by atoms with Crippen LogP contribution in [0.2, 0.25) is 0 Å². The first-order chi connectivity index (χ1) is 20.1. The lowest BCUT2D eigenvalue weighted by Gasteiger charge is -2.46. The van der Waals surface area contributed by atoms with Gasteiger partial charge in [0.1, 0.15) is 30.5 Å². The Morgan fingerprint density at radius 2 is 1.56 bits per heavy atom. The molecule has 0 aliphatic carbocycles. The van der Waals surface area contributed by atoms with Gasteiger partial charge in [-0.25, -0.2) is 0 Å². The number of ether oxygens (including phenoxy) is 4. The maximum atomic E-state index is 11.4. The molecular formula is C33H45BO6S. The van der Waals surface area contributed by atoms with Gasteiger partial charge in [0, 0.05) is 29.4 Å². The van der Waals surface area contributed by atoms with E-state index >= 15 is 0 Å². The lowest BCUT2D eigenvalue weighted by Crippen LogP contribution is -2.58. The summed E-state index contributed by atoms with van der Waals surface area (Å²) in [5.74, 6) is 0.